The number of benzene rings is 1. The van der Waals surface area contributed by atoms with Crippen molar-refractivity contribution < 1.29 is 8.42 Å². The van der Waals surface area contributed by atoms with Gasteiger partial charge in [0.1, 0.15) is 0 Å². The van der Waals surface area contributed by atoms with Crippen molar-refractivity contribution in [2.24, 2.45) is 0 Å². The van der Waals surface area contributed by atoms with E-state index in [-0.39, 0.29) is 11.1 Å². The number of hydrogen-bond acceptors (Lipinski definition) is 4. The van der Waals surface area contributed by atoms with Gasteiger partial charge < -0.3 is 5.32 Å². The molecular formula is C10H15NO2S2. The molecule has 1 N–H and O–H groups in total. The van der Waals surface area contributed by atoms with Crippen LogP contribution in [0.5, 0.6) is 0 Å². The third-order valence-corrected chi connectivity index (χ3v) is 4.52. The molecule has 0 aliphatic rings. The van der Waals surface area contributed by atoms with E-state index in [4.69, 9.17) is 0 Å². The van der Waals surface area contributed by atoms with Crippen LogP contribution in [0.3, 0.4) is 0 Å². The quantitative estimate of drug-likeness (QED) is 0.626. The van der Waals surface area contributed by atoms with Crippen LogP contribution < -0.4 is 5.32 Å². The lowest BCUT2D eigenvalue weighted by Gasteiger charge is -2.10. The van der Waals surface area contributed by atoms with E-state index in [2.05, 4.69) is 17.9 Å². The van der Waals surface area contributed by atoms with Crippen molar-refractivity contribution >= 4 is 22.5 Å². The lowest BCUT2D eigenvalue weighted by Crippen LogP contribution is -2.10. The Hall–Kier alpha value is -0.520. The summed E-state index contributed by atoms with van der Waals surface area (Å²) in [5, 5.41) is 2.90. The van der Waals surface area contributed by atoms with Crippen molar-refractivity contribution in [1.82, 2.24) is 5.32 Å². The zero-order valence-corrected chi connectivity index (χ0v) is 10.5. The molecule has 1 rings (SSSR count). The summed E-state index contributed by atoms with van der Waals surface area (Å²) in [4.78, 5) is 0.366. The molecule has 3 nitrogen and oxygen atoms in total. The molecule has 0 bridgehead atoms. The zero-order chi connectivity index (χ0) is 11.5. The van der Waals surface area contributed by atoms with Gasteiger partial charge in [0.05, 0.1) is 16.0 Å². The molecule has 0 aromatic heterocycles. The van der Waals surface area contributed by atoms with Gasteiger partial charge in [0.25, 0.3) is 0 Å². The Bertz CT molecular complexity index is 412. The minimum absolute atomic E-state index is 0.0663. The Balaban J connectivity index is 3.00. The minimum Gasteiger partial charge on any atom is -0.305 e. The highest BCUT2D eigenvalue weighted by molar-refractivity contribution is 7.91. The number of thiol groups is 1. The summed E-state index contributed by atoms with van der Waals surface area (Å²) in [7, 11) is -1.29. The molecule has 1 aromatic carbocycles. The van der Waals surface area contributed by atoms with Crippen LogP contribution in [0.15, 0.2) is 29.2 Å². The summed E-state index contributed by atoms with van der Waals surface area (Å²) >= 11 is 4.29. The summed E-state index contributed by atoms with van der Waals surface area (Å²) in [6.45, 7) is 1.64. The van der Waals surface area contributed by atoms with Gasteiger partial charge in [0, 0.05) is 0 Å². The van der Waals surface area contributed by atoms with E-state index in [1.165, 1.54) is 0 Å². The number of nitrogens with one attached hydrogen (secondary N) is 1. The predicted octanol–water partition coefficient (Wildman–Crippen LogP) is 1.63. The van der Waals surface area contributed by atoms with Crippen molar-refractivity contribution in [2.75, 3.05) is 12.8 Å². The average molecular weight is 245 g/mol. The molecule has 0 fully saturated rings. The van der Waals surface area contributed by atoms with Gasteiger partial charge >= 0.3 is 0 Å². The summed E-state index contributed by atoms with van der Waals surface area (Å²) in [6, 6.07) is 6.79. The molecule has 1 aromatic rings. The lowest BCUT2D eigenvalue weighted by atomic mass is 10.2. The summed E-state index contributed by atoms with van der Waals surface area (Å²) in [5.41, 5.74) is 0.955. The van der Waals surface area contributed by atoms with Gasteiger partial charge in [-0.3, -0.25) is 0 Å². The topological polar surface area (TPSA) is 46.2 Å². The molecule has 0 amide bonds. The Morgan fingerprint density at radius 1 is 1.33 bits per heavy atom. The van der Waals surface area contributed by atoms with Gasteiger partial charge in [-0.05, 0) is 24.7 Å². The monoisotopic (exact) mass is 245 g/mol. The fraction of sp³-hybridized carbons (Fsp3) is 0.400. The molecule has 0 aliphatic carbocycles. The van der Waals surface area contributed by atoms with Crippen LogP contribution in [-0.4, -0.2) is 21.2 Å². The maximum absolute atomic E-state index is 11.5. The lowest BCUT2D eigenvalue weighted by molar-refractivity contribution is 0.597. The van der Waals surface area contributed by atoms with Gasteiger partial charge in [-0.2, -0.15) is 12.6 Å². The van der Waals surface area contributed by atoms with Crippen LogP contribution in [0.2, 0.25) is 0 Å². The highest BCUT2D eigenvalue weighted by Gasteiger charge is 2.11. The summed E-state index contributed by atoms with van der Waals surface area (Å²) in [5.74, 6) is 0.128. The smallest absolute Gasteiger partial charge is 0.178 e. The molecule has 0 saturated heterocycles. The first-order valence-corrected chi connectivity index (χ1v) is 6.86. The Morgan fingerprint density at radius 2 is 1.87 bits per heavy atom. The van der Waals surface area contributed by atoms with Gasteiger partial charge in [0.15, 0.2) is 9.84 Å². The van der Waals surface area contributed by atoms with E-state index >= 15 is 0 Å². The first kappa shape index (κ1) is 12.5. The van der Waals surface area contributed by atoms with Crippen LogP contribution in [0.4, 0.5) is 0 Å². The summed E-state index contributed by atoms with van der Waals surface area (Å²) < 4.78 is 23.0. The molecule has 0 radical (unpaired) electrons. The molecule has 84 valence electrons. The van der Waals surface area contributed by atoms with Gasteiger partial charge in [-0.25, -0.2) is 8.42 Å². The molecule has 0 saturated carbocycles. The second kappa shape index (κ2) is 5.01. The van der Waals surface area contributed by atoms with Crippen LogP contribution in [0.1, 0.15) is 17.9 Å². The molecule has 15 heavy (non-hydrogen) atoms. The molecule has 0 heterocycles. The van der Waals surface area contributed by atoms with E-state index in [0.717, 1.165) is 5.56 Å². The van der Waals surface area contributed by atoms with E-state index in [9.17, 15) is 8.42 Å². The summed E-state index contributed by atoms with van der Waals surface area (Å²) in [6.07, 6.45) is 0. The number of hydrogen-bond donors (Lipinski definition) is 2. The van der Waals surface area contributed by atoms with E-state index in [1.807, 2.05) is 0 Å². The second-order valence-electron chi connectivity index (χ2n) is 3.16. The second-order valence-corrected chi connectivity index (χ2v) is 5.96. The van der Waals surface area contributed by atoms with Crippen LogP contribution in [-0.2, 0) is 9.84 Å². The average Bonchev–Trinajstić information content (AvgIpc) is 2.28. The van der Waals surface area contributed by atoms with E-state index in [1.54, 1.807) is 38.2 Å². The van der Waals surface area contributed by atoms with Crippen LogP contribution in [0.25, 0.3) is 0 Å². The Morgan fingerprint density at radius 3 is 2.27 bits per heavy atom. The van der Waals surface area contributed by atoms with Crippen molar-refractivity contribution in [1.29, 1.82) is 0 Å². The fourth-order valence-corrected chi connectivity index (χ4v) is 2.25. The van der Waals surface area contributed by atoms with Gasteiger partial charge in [-0.15, -0.1) is 0 Å². The number of sulfone groups is 1. The number of rotatable bonds is 4. The maximum atomic E-state index is 11.5. The van der Waals surface area contributed by atoms with Gasteiger partial charge in [-0.1, -0.05) is 19.1 Å². The minimum atomic E-state index is -3.09. The third-order valence-electron chi connectivity index (χ3n) is 2.21. The first-order valence-electron chi connectivity index (χ1n) is 4.69. The van der Waals surface area contributed by atoms with Crippen LogP contribution in [0, 0.1) is 0 Å². The van der Waals surface area contributed by atoms with Crippen molar-refractivity contribution in [3.63, 3.8) is 0 Å². The van der Waals surface area contributed by atoms with Gasteiger partial charge in [0.2, 0.25) is 0 Å². The van der Waals surface area contributed by atoms with E-state index < -0.39 is 9.84 Å². The fourth-order valence-electron chi connectivity index (χ4n) is 1.19. The maximum Gasteiger partial charge on any atom is 0.178 e. The highest BCUT2D eigenvalue weighted by atomic mass is 32.2. The normalized spacial score (nSPS) is 13.8. The molecule has 1 unspecified atom stereocenters. The zero-order valence-electron chi connectivity index (χ0n) is 8.77. The van der Waals surface area contributed by atoms with Crippen molar-refractivity contribution in [3.8, 4) is 0 Å². The Kier molecular flexibility index (Phi) is 4.19. The highest BCUT2D eigenvalue weighted by Crippen LogP contribution is 2.19. The molecule has 0 aliphatic heterocycles. The van der Waals surface area contributed by atoms with Crippen molar-refractivity contribution in [3.05, 3.63) is 29.8 Å². The van der Waals surface area contributed by atoms with Crippen molar-refractivity contribution in [2.45, 2.75) is 17.2 Å². The largest absolute Gasteiger partial charge is 0.305 e. The molecule has 5 heteroatoms. The first-order chi connectivity index (χ1) is 7.01. The molecule has 1 atom stereocenters. The van der Waals surface area contributed by atoms with E-state index in [0.29, 0.717) is 4.90 Å². The van der Waals surface area contributed by atoms with Crippen LogP contribution >= 0.6 is 12.6 Å². The Labute approximate surface area is 96.2 Å². The molecular weight excluding hydrogens is 230 g/mol. The SMILES string of the molecule is CCS(=O)(=O)c1ccc(C(S)NC)cc1. The molecule has 0 spiro atoms. The predicted molar refractivity (Wildman–Crippen MR) is 65.0 cm³/mol. The standard InChI is InChI=1S/C10H15NO2S2/c1-3-15(12,13)9-6-4-8(5-7-9)10(14)11-2/h4-7,10-11,14H,3H2,1-2H3. The third kappa shape index (κ3) is 2.96.